The Bertz CT molecular complexity index is 513. The Labute approximate surface area is 124 Å². The summed E-state index contributed by atoms with van der Waals surface area (Å²) in [6.45, 7) is 0. The van der Waals surface area contributed by atoms with Gasteiger partial charge in [0.25, 0.3) is 5.69 Å². The van der Waals surface area contributed by atoms with Crippen LogP contribution in [0.3, 0.4) is 0 Å². The predicted molar refractivity (Wildman–Crippen MR) is 77.4 cm³/mol. The molecule has 1 aromatic carbocycles. The van der Waals surface area contributed by atoms with E-state index in [0.717, 1.165) is 25.7 Å². The number of rotatable bonds is 4. The lowest BCUT2D eigenvalue weighted by molar-refractivity contribution is -0.384. The van der Waals surface area contributed by atoms with Gasteiger partial charge in [0.1, 0.15) is 5.69 Å². The van der Waals surface area contributed by atoms with Crippen molar-refractivity contribution in [2.45, 2.75) is 37.8 Å². The molecule has 110 valence electrons. The zero-order valence-corrected chi connectivity index (χ0v) is 12.7. The molecule has 0 heterocycles. The Kier molecular flexibility index (Phi) is 4.93. The van der Waals surface area contributed by atoms with E-state index in [1.807, 2.05) is 0 Å². The van der Waals surface area contributed by atoms with Gasteiger partial charge in [-0.3, -0.25) is 10.1 Å². The number of halogens is 2. The third-order valence-corrected chi connectivity index (χ3v) is 4.00. The summed E-state index contributed by atoms with van der Waals surface area (Å²) in [5, 5.41) is 14.0. The molecule has 1 fully saturated rings. The lowest BCUT2D eigenvalue weighted by atomic mass is 9.92. The number of hydrogen-bond acceptors (Lipinski definition) is 4. The molecule has 0 saturated heterocycles. The molecule has 0 unspecified atom stereocenters. The highest BCUT2D eigenvalue weighted by molar-refractivity contribution is 9.10. The van der Waals surface area contributed by atoms with Gasteiger partial charge < -0.3 is 10.1 Å². The van der Waals surface area contributed by atoms with E-state index < -0.39 is 10.7 Å². The van der Waals surface area contributed by atoms with E-state index in [4.69, 9.17) is 4.74 Å². The lowest BCUT2D eigenvalue weighted by Crippen LogP contribution is -2.31. The van der Waals surface area contributed by atoms with E-state index >= 15 is 0 Å². The van der Waals surface area contributed by atoms with Crippen molar-refractivity contribution < 1.29 is 14.1 Å². The summed E-state index contributed by atoms with van der Waals surface area (Å²) in [6.07, 6.45) is 3.64. The van der Waals surface area contributed by atoms with Crippen LogP contribution in [0.1, 0.15) is 25.7 Å². The van der Waals surface area contributed by atoms with Crippen LogP contribution in [-0.2, 0) is 4.74 Å². The van der Waals surface area contributed by atoms with Gasteiger partial charge in [0.2, 0.25) is 0 Å². The first kappa shape index (κ1) is 15.2. The summed E-state index contributed by atoms with van der Waals surface area (Å²) in [5.74, 6) is -0.620. The minimum atomic E-state index is -0.620. The van der Waals surface area contributed by atoms with Crippen molar-refractivity contribution in [2.24, 2.45) is 0 Å². The Balaban J connectivity index is 2.22. The fraction of sp³-hybridized carbons (Fsp3) is 0.538. The van der Waals surface area contributed by atoms with Crippen LogP contribution in [0.2, 0.25) is 0 Å². The van der Waals surface area contributed by atoms with E-state index in [2.05, 4.69) is 21.2 Å². The molecule has 0 radical (unpaired) electrons. The highest BCUT2D eigenvalue weighted by atomic mass is 79.9. The minimum Gasteiger partial charge on any atom is -0.381 e. The lowest BCUT2D eigenvalue weighted by Gasteiger charge is -2.29. The van der Waals surface area contributed by atoms with Crippen LogP contribution in [0.5, 0.6) is 0 Å². The summed E-state index contributed by atoms with van der Waals surface area (Å²) in [4.78, 5) is 10.5. The number of nitrogens with zero attached hydrogens (tertiary/aromatic N) is 1. The largest absolute Gasteiger partial charge is 0.381 e. The van der Waals surface area contributed by atoms with Crippen LogP contribution < -0.4 is 5.32 Å². The second-order valence-electron chi connectivity index (χ2n) is 4.90. The first-order valence-electron chi connectivity index (χ1n) is 6.44. The zero-order valence-electron chi connectivity index (χ0n) is 11.1. The van der Waals surface area contributed by atoms with Gasteiger partial charge in [-0.05, 0) is 31.7 Å². The van der Waals surface area contributed by atoms with Crippen LogP contribution in [0.25, 0.3) is 0 Å². The van der Waals surface area contributed by atoms with Crippen molar-refractivity contribution in [1.29, 1.82) is 0 Å². The quantitative estimate of drug-likeness (QED) is 0.663. The van der Waals surface area contributed by atoms with E-state index in [9.17, 15) is 14.5 Å². The van der Waals surface area contributed by atoms with Gasteiger partial charge >= 0.3 is 0 Å². The predicted octanol–water partition coefficient (Wildman–Crippen LogP) is 3.87. The van der Waals surface area contributed by atoms with E-state index in [-0.39, 0.29) is 23.5 Å². The standard InChI is InChI=1S/C13H16BrFN2O3/c1-20-10-4-2-3-9(7-10)16-13-11(15)5-8(14)6-12(13)17(18)19/h5-6,9-10,16H,2-4,7H2,1H3/t9-,10-/m0/s1. The van der Waals surface area contributed by atoms with Crippen LogP contribution in [0.4, 0.5) is 15.8 Å². The highest BCUT2D eigenvalue weighted by Gasteiger charge is 2.26. The normalized spacial score (nSPS) is 22.6. The smallest absolute Gasteiger partial charge is 0.296 e. The summed E-state index contributed by atoms with van der Waals surface area (Å²) in [5.41, 5.74) is -0.295. The SMILES string of the molecule is CO[C@H]1CCC[C@H](Nc2c(F)cc(Br)cc2[N+](=O)[O-])C1. The molecule has 1 aromatic rings. The molecule has 1 N–H and O–H groups in total. The maximum absolute atomic E-state index is 14.0. The summed E-state index contributed by atoms with van der Waals surface area (Å²) in [7, 11) is 1.65. The molecule has 0 spiro atoms. The average Bonchev–Trinajstić information content (AvgIpc) is 2.41. The summed E-state index contributed by atoms with van der Waals surface area (Å²) < 4.78 is 19.6. The molecule has 20 heavy (non-hydrogen) atoms. The van der Waals surface area contributed by atoms with E-state index in [1.54, 1.807) is 7.11 Å². The average molecular weight is 347 g/mol. The van der Waals surface area contributed by atoms with Crippen molar-refractivity contribution in [3.63, 3.8) is 0 Å². The zero-order chi connectivity index (χ0) is 14.7. The second-order valence-corrected chi connectivity index (χ2v) is 5.82. The van der Waals surface area contributed by atoms with Crippen molar-refractivity contribution in [2.75, 3.05) is 12.4 Å². The fourth-order valence-corrected chi connectivity index (χ4v) is 2.96. The topological polar surface area (TPSA) is 64.4 Å². The number of nitro benzene ring substituents is 1. The van der Waals surface area contributed by atoms with Crippen LogP contribution in [0, 0.1) is 15.9 Å². The molecule has 1 saturated carbocycles. The molecule has 0 aliphatic heterocycles. The van der Waals surface area contributed by atoms with Gasteiger partial charge in [-0.2, -0.15) is 0 Å². The molecule has 5 nitrogen and oxygen atoms in total. The highest BCUT2D eigenvalue weighted by Crippen LogP contribution is 2.34. The van der Waals surface area contributed by atoms with Crippen LogP contribution in [0.15, 0.2) is 16.6 Å². The van der Waals surface area contributed by atoms with Gasteiger partial charge in [-0.15, -0.1) is 0 Å². The molecule has 0 amide bonds. The van der Waals surface area contributed by atoms with Gasteiger partial charge in [-0.25, -0.2) is 4.39 Å². The van der Waals surface area contributed by atoms with Crippen LogP contribution >= 0.6 is 15.9 Å². The number of ether oxygens (including phenoxy) is 1. The molecule has 2 rings (SSSR count). The van der Waals surface area contributed by atoms with Crippen molar-refractivity contribution in [3.05, 3.63) is 32.5 Å². The van der Waals surface area contributed by atoms with Gasteiger partial charge in [0.05, 0.1) is 11.0 Å². The first-order chi connectivity index (χ1) is 9.51. The Hall–Kier alpha value is -1.21. The number of nitrogens with one attached hydrogen (secondary N) is 1. The number of benzene rings is 1. The fourth-order valence-electron chi connectivity index (χ4n) is 2.54. The molecular weight excluding hydrogens is 331 g/mol. The molecule has 0 aromatic heterocycles. The van der Waals surface area contributed by atoms with E-state index in [0.29, 0.717) is 4.47 Å². The van der Waals surface area contributed by atoms with Crippen molar-refractivity contribution in [1.82, 2.24) is 0 Å². The molecule has 2 atom stereocenters. The third kappa shape index (κ3) is 3.46. The van der Waals surface area contributed by atoms with Gasteiger partial charge in [0, 0.05) is 23.7 Å². The maximum atomic E-state index is 14.0. The summed E-state index contributed by atoms with van der Waals surface area (Å²) >= 11 is 3.07. The Morgan fingerprint density at radius 1 is 1.50 bits per heavy atom. The van der Waals surface area contributed by atoms with E-state index in [1.165, 1.54) is 12.1 Å². The number of hydrogen-bond donors (Lipinski definition) is 1. The number of nitro groups is 1. The van der Waals surface area contributed by atoms with Crippen molar-refractivity contribution in [3.8, 4) is 0 Å². The number of methoxy groups -OCH3 is 1. The maximum Gasteiger partial charge on any atom is 0.296 e. The van der Waals surface area contributed by atoms with Crippen LogP contribution in [-0.4, -0.2) is 24.2 Å². The molecular formula is C13H16BrFN2O3. The van der Waals surface area contributed by atoms with Gasteiger partial charge in [-0.1, -0.05) is 15.9 Å². The van der Waals surface area contributed by atoms with Gasteiger partial charge in [0.15, 0.2) is 5.82 Å². The Morgan fingerprint density at radius 3 is 2.90 bits per heavy atom. The Morgan fingerprint density at radius 2 is 2.25 bits per heavy atom. The molecule has 0 bridgehead atoms. The molecule has 1 aliphatic carbocycles. The van der Waals surface area contributed by atoms with Crippen molar-refractivity contribution >= 4 is 27.3 Å². The second kappa shape index (κ2) is 6.49. The first-order valence-corrected chi connectivity index (χ1v) is 7.23. The molecule has 7 heteroatoms. The third-order valence-electron chi connectivity index (χ3n) is 3.54. The number of anilines is 1. The summed E-state index contributed by atoms with van der Waals surface area (Å²) in [6, 6.07) is 2.52. The minimum absolute atomic E-state index is 0.0110. The molecule has 1 aliphatic rings. The monoisotopic (exact) mass is 346 g/mol.